The molecule has 1 aliphatic heterocycles. The molecular formula is C10H15NO2. The fraction of sp³-hybridized carbons (Fsp3) is 0.800. The Balaban J connectivity index is 2.21. The molecule has 0 bridgehead atoms. The van der Waals surface area contributed by atoms with Crippen LogP contribution in [0.25, 0.3) is 0 Å². The van der Waals surface area contributed by atoms with Crippen molar-refractivity contribution in [2.24, 2.45) is 0 Å². The van der Waals surface area contributed by atoms with Crippen LogP contribution in [0.2, 0.25) is 0 Å². The van der Waals surface area contributed by atoms with Gasteiger partial charge in [-0.2, -0.15) is 5.26 Å². The maximum Gasteiger partial charge on any atom is 0.161 e. The van der Waals surface area contributed by atoms with Gasteiger partial charge in [0.05, 0.1) is 12.2 Å². The molecule has 2 atom stereocenters. The van der Waals surface area contributed by atoms with Crippen LogP contribution in [0.15, 0.2) is 0 Å². The van der Waals surface area contributed by atoms with Crippen molar-refractivity contribution in [2.45, 2.75) is 51.2 Å². The summed E-state index contributed by atoms with van der Waals surface area (Å²) in [4.78, 5) is 11.4. The minimum absolute atomic E-state index is 0.166. The van der Waals surface area contributed by atoms with Crippen molar-refractivity contribution < 1.29 is 9.53 Å². The zero-order chi connectivity index (χ0) is 9.68. The Morgan fingerprint density at radius 2 is 2.38 bits per heavy atom. The first-order valence-electron chi connectivity index (χ1n) is 4.79. The molecule has 1 heterocycles. The fourth-order valence-electron chi connectivity index (χ4n) is 1.54. The molecule has 3 nitrogen and oxygen atoms in total. The summed E-state index contributed by atoms with van der Waals surface area (Å²) < 4.78 is 5.42. The Labute approximate surface area is 78.7 Å². The van der Waals surface area contributed by atoms with E-state index in [1.54, 1.807) is 0 Å². The molecule has 72 valence electrons. The van der Waals surface area contributed by atoms with Gasteiger partial charge in [0.25, 0.3) is 0 Å². The summed E-state index contributed by atoms with van der Waals surface area (Å²) in [5.74, 6) is 0.166. The number of ether oxygens (including phenoxy) is 1. The zero-order valence-electron chi connectivity index (χ0n) is 7.95. The number of carbonyl (C=O) groups is 1. The third kappa shape index (κ3) is 3.16. The number of hydrogen-bond donors (Lipinski definition) is 0. The highest BCUT2D eigenvalue weighted by atomic mass is 16.5. The summed E-state index contributed by atoms with van der Waals surface area (Å²) in [5.41, 5.74) is 0. The molecule has 1 fully saturated rings. The molecule has 13 heavy (non-hydrogen) atoms. The van der Waals surface area contributed by atoms with Crippen LogP contribution < -0.4 is 0 Å². The van der Waals surface area contributed by atoms with Gasteiger partial charge in [-0.25, -0.2) is 0 Å². The molecule has 0 N–H and O–H groups in total. The van der Waals surface area contributed by atoms with Crippen molar-refractivity contribution in [2.75, 3.05) is 0 Å². The highest BCUT2D eigenvalue weighted by Gasteiger charge is 2.27. The van der Waals surface area contributed by atoms with E-state index in [-0.39, 0.29) is 18.0 Å². The van der Waals surface area contributed by atoms with E-state index >= 15 is 0 Å². The largest absolute Gasteiger partial charge is 0.368 e. The monoisotopic (exact) mass is 181 g/mol. The molecule has 0 aromatic carbocycles. The highest BCUT2D eigenvalue weighted by Crippen LogP contribution is 2.21. The second-order valence-electron chi connectivity index (χ2n) is 3.49. The van der Waals surface area contributed by atoms with E-state index < -0.39 is 0 Å². The molecule has 0 radical (unpaired) electrons. The summed E-state index contributed by atoms with van der Waals surface area (Å²) in [6, 6.07) is 2.03. The Morgan fingerprint density at radius 3 is 2.92 bits per heavy atom. The van der Waals surface area contributed by atoms with Gasteiger partial charge in [-0.3, -0.25) is 4.79 Å². The van der Waals surface area contributed by atoms with Gasteiger partial charge in [0.15, 0.2) is 5.78 Å². The number of nitrogens with zero attached hydrogens (tertiary/aromatic N) is 1. The lowest BCUT2D eigenvalue weighted by Gasteiger charge is -2.08. The molecule has 0 amide bonds. The first-order valence-corrected chi connectivity index (χ1v) is 4.79. The van der Waals surface area contributed by atoms with Crippen LogP contribution in [-0.2, 0) is 9.53 Å². The normalized spacial score (nSPS) is 27.1. The molecule has 2 unspecified atom stereocenters. The van der Waals surface area contributed by atoms with Crippen LogP contribution in [0, 0.1) is 11.3 Å². The number of ketones is 1. The van der Waals surface area contributed by atoms with E-state index in [9.17, 15) is 4.79 Å². The van der Waals surface area contributed by atoms with Gasteiger partial charge in [0.1, 0.15) is 6.10 Å². The first-order chi connectivity index (χ1) is 6.24. The first kappa shape index (κ1) is 10.2. The standard InChI is InChI=1S/C10H15NO2/c1-8-5-6-10(13-8)9(12)4-2-3-7-11/h8,10H,2-6H2,1H3. The average molecular weight is 181 g/mol. The lowest BCUT2D eigenvalue weighted by Crippen LogP contribution is -2.20. The van der Waals surface area contributed by atoms with E-state index in [0.29, 0.717) is 19.3 Å². The molecule has 3 heteroatoms. The predicted octanol–water partition coefficient (Wildman–Crippen LogP) is 1.82. The van der Waals surface area contributed by atoms with E-state index in [4.69, 9.17) is 10.00 Å². The minimum Gasteiger partial charge on any atom is -0.368 e. The van der Waals surface area contributed by atoms with Crippen molar-refractivity contribution in [3.05, 3.63) is 0 Å². The van der Waals surface area contributed by atoms with Crippen molar-refractivity contribution >= 4 is 5.78 Å². The van der Waals surface area contributed by atoms with Gasteiger partial charge >= 0.3 is 0 Å². The van der Waals surface area contributed by atoms with Crippen LogP contribution in [0.3, 0.4) is 0 Å². The van der Waals surface area contributed by atoms with Crippen molar-refractivity contribution in [3.8, 4) is 6.07 Å². The Bertz CT molecular complexity index is 219. The number of unbranched alkanes of at least 4 members (excludes halogenated alkanes) is 1. The summed E-state index contributed by atoms with van der Waals surface area (Å²) in [6.45, 7) is 1.99. The number of hydrogen-bond acceptors (Lipinski definition) is 3. The third-order valence-corrected chi connectivity index (χ3v) is 2.30. The maximum absolute atomic E-state index is 11.4. The van der Waals surface area contributed by atoms with Gasteiger partial charge < -0.3 is 4.74 Å². The minimum atomic E-state index is -0.186. The second kappa shape index (κ2) is 4.98. The lowest BCUT2D eigenvalue weighted by molar-refractivity contribution is -0.129. The molecule has 1 saturated heterocycles. The molecule has 1 aliphatic rings. The fourth-order valence-corrected chi connectivity index (χ4v) is 1.54. The van der Waals surface area contributed by atoms with Crippen LogP contribution >= 0.6 is 0 Å². The van der Waals surface area contributed by atoms with Gasteiger partial charge in [-0.1, -0.05) is 0 Å². The average Bonchev–Trinajstić information content (AvgIpc) is 2.52. The van der Waals surface area contributed by atoms with Crippen LogP contribution in [0.1, 0.15) is 39.0 Å². The van der Waals surface area contributed by atoms with Gasteiger partial charge in [0.2, 0.25) is 0 Å². The quantitative estimate of drug-likeness (QED) is 0.621. The van der Waals surface area contributed by atoms with Gasteiger partial charge in [0, 0.05) is 12.8 Å². The Hall–Kier alpha value is -0.880. The molecule has 0 aromatic rings. The van der Waals surface area contributed by atoms with Crippen molar-refractivity contribution in [1.82, 2.24) is 0 Å². The van der Waals surface area contributed by atoms with Gasteiger partial charge in [-0.05, 0) is 26.2 Å². The highest BCUT2D eigenvalue weighted by molar-refractivity contribution is 5.83. The third-order valence-electron chi connectivity index (χ3n) is 2.30. The second-order valence-corrected chi connectivity index (χ2v) is 3.49. The molecule has 0 aliphatic carbocycles. The Morgan fingerprint density at radius 1 is 1.62 bits per heavy atom. The van der Waals surface area contributed by atoms with Crippen molar-refractivity contribution in [3.63, 3.8) is 0 Å². The number of carbonyl (C=O) groups excluding carboxylic acids is 1. The lowest BCUT2D eigenvalue weighted by atomic mass is 10.1. The predicted molar refractivity (Wildman–Crippen MR) is 48.0 cm³/mol. The molecular weight excluding hydrogens is 166 g/mol. The van der Waals surface area contributed by atoms with Crippen molar-refractivity contribution in [1.29, 1.82) is 5.26 Å². The number of nitriles is 1. The number of rotatable bonds is 4. The SMILES string of the molecule is CC1CCC(C(=O)CCCC#N)O1. The summed E-state index contributed by atoms with van der Waals surface area (Å²) in [6.07, 6.45) is 3.50. The van der Waals surface area contributed by atoms with Crippen LogP contribution in [-0.4, -0.2) is 18.0 Å². The van der Waals surface area contributed by atoms with Gasteiger partial charge in [-0.15, -0.1) is 0 Å². The van der Waals surface area contributed by atoms with Crippen LogP contribution in [0.4, 0.5) is 0 Å². The van der Waals surface area contributed by atoms with Crippen LogP contribution in [0.5, 0.6) is 0 Å². The zero-order valence-corrected chi connectivity index (χ0v) is 7.95. The van der Waals surface area contributed by atoms with E-state index in [2.05, 4.69) is 0 Å². The smallest absolute Gasteiger partial charge is 0.161 e. The summed E-state index contributed by atoms with van der Waals surface area (Å²) in [7, 11) is 0. The number of Topliss-reactive ketones (excluding diaryl/α,β-unsaturated/α-hetero) is 1. The molecule has 0 saturated carbocycles. The molecule has 0 aromatic heterocycles. The molecule has 1 rings (SSSR count). The van der Waals surface area contributed by atoms with E-state index in [1.807, 2.05) is 13.0 Å². The summed E-state index contributed by atoms with van der Waals surface area (Å²) in [5, 5.41) is 8.29. The van der Waals surface area contributed by atoms with E-state index in [1.165, 1.54) is 0 Å². The Kier molecular flexibility index (Phi) is 3.91. The molecule has 0 spiro atoms. The maximum atomic E-state index is 11.4. The topological polar surface area (TPSA) is 50.1 Å². The summed E-state index contributed by atoms with van der Waals surface area (Å²) >= 11 is 0. The van der Waals surface area contributed by atoms with E-state index in [0.717, 1.165) is 12.8 Å².